The molecule has 2 bridgehead atoms. The SMILES string of the molecule is Cc1ccsc1CNC(=O)N1CCN([C@H]2CN3CCC2CC3)CC1. The number of thiophene rings is 1. The van der Waals surface area contributed by atoms with Crippen LogP contribution in [0.5, 0.6) is 0 Å². The lowest BCUT2D eigenvalue weighted by atomic mass is 9.83. The highest BCUT2D eigenvalue weighted by molar-refractivity contribution is 7.10. The molecule has 5 heterocycles. The monoisotopic (exact) mass is 348 g/mol. The van der Waals surface area contributed by atoms with Gasteiger partial charge in [-0.15, -0.1) is 11.3 Å². The van der Waals surface area contributed by atoms with Crippen molar-refractivity contribution in [1.82, 2.24) is 20.0 Å². The standard InChI is InChI=1S/C18H28N4OS/c1-14-4-11-24-17(14)12-19-18(23)22-9-7-21(8-10-22)16-13-20-5-2-15(16)3-6-20/h4,11,15-16H,2-3,5-10,12-13H2,1H3,(H,19,23)/t16-/m0/s1. The summed E-state index contributed by atoms with van der Waals surface area (Å²) in [5.41, 5.74) is 1.27. The first-order valence-corrected chi connectivity index (χ1v) is 10.1. The number of nitrogens with one attached hydrogen (secondary N) is 1. The van der Waals surface area contributed by atoms with E-state index in [1.165, 1.54) is 42.9 Å². The van der Waals surface area contributed by atoms with Gasteiger partial charge in [0.15, 0.2) is 0 Å². The quantitative estimate of drug-likeness (QED) is 0.908. The molecule has 5 nitrogen and oxygen atoms in total. The summed E-state index contributed by atoms with van der Waals surface area (Å²) in [5, 5.41) is 5.17. The van der Waals surface area contributed by atoms with Crippen molar-refractivity contribution in [3.05, 3.63) is 21.9 Å². The normalized spacial score (nSPS) is 30.5. The minimum absolute atomic E-state index is 0.0939. The second-order valence-corrected chi connectivity index (χ2v) is 8.41. The molecule has 1 aromatic heterocycles. The van der Waals surface area contributed by atoms with Gasteiger partial charge in [0.2, 0.25) is 0 Å². The zero-order valence-corrected chi connectivity index (χ0v) is 15.4. The number of urea groups is 1. The highest BCUT2D eigenvalue weighted by Crippen LogP contribution is 2.31. The van der Waals surface area contributed by atoms with Crippen molar-refractivity contribution in [3.8, 4) is 0 Å². The Morgan fingerprint density at radius 3 is 2.54 bits per heavy atom. The maximum Gasteiger partial charge on any atom is 0.317 e. The zero-order chi connectivity index (χ0) is 16.5. The van der Waals surface area contributed by atoms with E-state index in [0.29, 0.717) is 6.54 Å². The topological polar surface area (TPSA) is 38.8 Å². The highest BCUT2D eigenvalue weighted by atomic mass is 32.1. The van der Waals surface area contributed by atoms with Crippen molar-refractivity contribution in [2.45, 2.75) is 32.4 Å². The Balaban J connectivity index is 1.25. The summed E-state index contributed by atoms with van der Waals surface area (Å²) in [6, 6.07) is 2.93. The fourth-order valence-corrected chi connectivity index (χ4v) is 5.30. The second-order valence-electron chi connectivity index (χ2n) is 7.41. The average Bonchev–Trinajstić information content (AvgIpc) is 3.06. The van der Waals surface area contributed by atoms with Crippen LogP contribution in [-0.4, -0.2) is 72.6 Å². The van der Waals surface area contributed by atoms with Crippen LogP contribution < -0.4 is 5.32 Å². The summed E-state index contributed by atoms with van der Waals surface area (Å²) < 4.78 is 0. The third-order valence-corrected chi connectivity index (χ3v) is 7.08. The first-order chi connectivity index (χ1) is 11.7. The largest absolute Gasteiger partial charge is 0.333 e. The van der Waals surface area contributed by atoms with E-state index in [4.69, 9.17) is 0 Å². The van der Waals surface area contributed by atoms with Crippen molar-refractivity contribution in [3.63, 3.8) is 0 Å². The number of amides is 2. The summed E-state index contributed by atoms with van der Waals surface area (Å²) in [6.07, 6.45) is 2.73. The molecule has 24 heavy (non-hydrogen) atoms. The van der Waals surface area contributed by atoms with Crippen LogP contribution in [-0.2, 0) is 6.54 Å². The summed E-state index contributed by atoms with van der Waals surface area (Å²) >= 11 is 1.72. The van der Waals surface area contributed by atoms with Gasteiger partial charge in [-0.05, 0) is 55.8 Å². The van der Waals surface area contributed by atoms with Gasteiger partial charge in [0.05, 0.1) is 6.54 Å². The molecule has 4 fully saturated rings. The fourth-order valence-electron chi connectivity index (χ4n) is 4.46. The smallest absolute Gasteiger partial charge is 0.317 e. The van der Waals surface area contributed by atoms with Crippen LogP contribution in [0.3, 0.4) is 0 Å². The molecule has 2 amide bonds. The first-order valence-electron chi connectivity index (χ1n) is 9.23. The molecule has 0 unspecified atom stereocenters. The van der Waals surface area contributed by atoms with E-state index < -0.39 is 0 Å². The van der Waals surface area contributed by atoms with Gasteiger partial charge in [0.25, 0.3) is 0 Å². The van der Waals surface area contributed by atoms with Crippen LogP contribution >= 0.6 is 11.3 Å². The molecule has 1 aromatic rings. The number of carbonyl (C=O) groups excluding carboxylic acids is 1. The summed E-state index contributed by atoms with van der Waals surface area (Å²) in [6.45, 7) is 10.4. The van der Waals surface area contributed by atoms with Crippen molar-refractivity contribution >= 4 is 17.4 Å². The molecule has 6 heteroatoms. The summed E-state index contributed by atoms with van der Waals surface area (Å²) in [5.74, 6) is 0.886. The van der Waals surface area contributed by atoms with E-state index in [0.717, 1.165) is 38.1 Å². The van der Waals surface area contributed by atoms with Crippen LogP contribution in [0.4, 0.5) is 4.79 Å². The lowest BCUT2D eigenvalue weighted by Gasteiger charge is -2.50. The number of rotatable bonds is 3. The zero-order valence-electron chi connectivity index (χ0n) is 14.5. The van der Waals surface area contributed by atoms with Crippen molar-refractivity contribution in [1.29, 1.82) is 0 Å². The Hall–Kier alpha value is -1.11. The third-order valence-electron chi connectivity index (χ3n) is 6.06. The fraction of sp³-hybridized carbons (Fsp3) is 0.722. The van der Waals surface area contributed by atoms with Crippen LogP contribution in [0.15, 0.2) is 11.4 Å². The molecule has 1 atom stereocenters. The lowest BCUT2D eigenvalue weighted by Crippen LogP contribution is -2.62. The number of nitrogens with zero attached hydrogens (tertiary/aromatic N) is 3. The first kappa shape index (κ1) is 16.4. The number of fused-ring (bicyclic) bond motifs is 3. The van der Waals surface area contributed by atoms with Gasteiger partial charge in [-0.3, -0.25) is 4.90 Å². The Morgan fingerprint density at radius 2 is 1.96 bits per heavy atom. The van der Waals surface area contributed by atoms with Gasteiger partial charge in [0.1, 0.15) is 0 Å². The third kappa shape index (κ3) is 3.32. The molecule has 0 saturated carbocycles. The van der Waals surface area contributed by atoms with E-state index >= 15 is 0 Å². The van der Waals surface area contributed by atoms with Gasteiger partial charge in [-0.2, -0.15) is 0 Å². The van der Waals surface area contributed by atoms with E-state index in [9.17, 15) is 4.79 Å². The molecule has 4 aliphatic heterocycles. The minimum Gasteiger partial charge on any atom is -0.333 e. The Kier molecular flexibility index (Phi) is 4.79. The van der Waals surface area contributed by atoms with Crippen molar-refractivity contribution in [2.75, 3.05) is 45.8 Å². The molecule has 4 aliphatic rings. The predicted molar refractivity (Wildman–Crippen MR) is 97.4 cm³/mol. The molecule has 132 valence electrons. The Labute approximate surface area is 148 Å². The minimum atomic E-state index is 0.0939. The van der Waals surface area contributed by atoms with Crippen LogP contribution in [0.1, 0.15) is 23.3 Å². The van der Waals surface area contributed by atoms with Gasteiger partial charge < -0.3 is 15.1 Å². The molecule has 0 aromatic carbocycles. The molecule has 0 spiro atoms. The van der Waals surface area contributed by atoms with Gasteiger partial charge >= 0.3 is 6.03 Å². The van der Waals surface area contributed by atoms with Gasteiger partial charge in [0, 0.05) is 43.6 Å². The number of piperazine rings is 1. The molecule has 4 saturated heterocycles. The maximum absolute atomic E-state index is 12.4. The van der Waals surface area contributed by atoms with Crippen molar-refractivity contribution in [2.24, 2.45) is 5.92 Å². The number of hydrogen-bond donors (Lipinski definition) is 1. The van der Waals surface area contributed by atoms with Crippen LogP contribution in [0.25, 0.3) is 0 Å². The summed E-state index contributed by atoms with van der Waals surface area (Å²) in [4.78, 5) is 20.9. The molecule has 0 aliphatic carbocycles. The van der Waals surface area contributed by atoms with E-state index in [-0.39, 0.29) is 6.03 Å². The molecule has 5 rings (SSSR count). The number of carbonyl (C=O) groups is 1. The summed E-state index contributed by atoms with van der Waals surface area (Å²) in [7, 11) is 0. The highest BCUT2D eigenvalue weighted by Gasteiger charge is 2.38. The molecule has 0 radical (unpaired) electrons. The van der Waals surface area contributed by atoms with Gasteiger partial charge in [-0.25, -0.2) is 4.79 Å². The van der Waals surface area contributed by atoms with Crippen LogP contribution in [0.2, 0.25) is 0 Å². The van der Waals surface area contributed by atoms with Crippen molar-refractivity contribution < 1.29 is 4.79 Å². The number of hydrogen-bond acceptors (Lipinski definition) is 4. The molecular formula is C18H28N4OS. The second kappa shape index (κ2) is 7.02. The number of aryl methyl sites for hydroxylation is 1. The average molecular weight is 349 g/mol. The van der Waals surface area contributed by atoms with E-state index in [2.05, 4.69) is 33.5 Å². The van der Waals surface area contributed by atoms with Crippen LogP contribution in [0, 0.1) is 12.8 Å². The van der Waals surface area contributed by atoms with Gasteiger partial charge in [-0.1, -0.05) is 0 Å². The Bertz CT molecular complexity index is 573. The lowest BCUT2D eigenvalue weighted by molar-refractivity contribution is -0.0103. The maximum atomic E-state index is 12.4. The molecule has 1 N–H and O–H groups in total. The number of piperidine rings is 3. The predicted octanol–water partition coefficient (Wildman–Crippen LogP) is 1.98. The van der Waals surface area contributed by atoms with E-state index in [1.807, 2.05) is 4.90 Å². The Morgan fingerprint density at radius 1 is 1.21 bits per heavy atom. The van der Waals surface area contributed by atoms with E-state index in [1.54, 1.807) is 11.3 Å². The molecular weight excluding hydrogens is 320 g/mol.